The number of hydrogen-bond donors (Lipinski definition) is 1. The number of rotatable bonds is 3. The van der Waals surface area contributed by atoms with Crippen LogP contribution < -0.4 is 5.73 Å². The van der Waals surface area contributed by atoms with E-state index in [-0.39, 0.29) is 6.04 Å². The molecule has 0 aromatic carbocycles. The molecule has 1 saturated heterocycles. The van der Waals surface area contributed by atoms with Gasteiger partial charge in [-0.15, -0.1) is 0 Å². The Bertz CT molecular complexity index is 185. The minimum Gasteiger partial charge on any atom is -0.316 e. The van der Waals surface area contributed by atoms with Crippen molar-refractivity contribution < 1.29 is 0 Å². The standard InChI is InChI=1S/C10H19N3/c1-9-4-2-3-6-13(9)7-5-10(12)8-11/h9-10H,2-7,12H2,1H3. The van der Waals surface area contributed by atoms with Crippen LogP contribution in [-0.2, 0) is 0 Å². The summed E-state index contributed by atoms with van der Waals surface area (Å²) in [6.07, 6.45) is 4.75. The van der Waals surface area contributed by atoms with Gasteiger partial charge >= 0.3 is 0 Å². The molecule has 0 saturated carbocycles. The zero-order valence-electron chi connectivity index (χ0n) is 8.37. The van der Waals surface area contributed by atoms with Gasteiger partial charge in [0.05, 0.1) is 12.1 Å². The molecule has 1 aliphatic rings. The predicted molar refractivity (Wildman–Crippen MR) is 53.1 cm³/mol. The Labute approximate surface area is 80.5 Å². The molecule has 2 unspecified atom stereocenters. The first-order valence-electron chi connectivity index (χ1n) is 5.13. The number of nitrogens with zero attached hydrogens (tertiary/aromatic N) is 2. The van der Waals surface area contributed by atoms with Crippen LogP contribution in [0.25, 0.3) is 0 Å². The molecular formula is C10H19N3. The minimum atomic E-state index is -0.283. The SMILES string of the molecule is CC1CCCCN1CCC(N)C#N. The normalized spacial score (nSPS) is 26.7. The van der Waals surface area contributed by atoms with Gasteiger partial charge in [-0.3, -0.25) is 0 Å². The van der Waals surface area contributed by atoms with E-state index < -0.39 is 0 Å². The van der Waals surface area contributed by atoms with Crippen molar-refractivity contribution in [1.29, 1.82) is 5.26 Å². The van der Waals surface area contributed by atoms with Crippen LogP contribution in [0, 0.1) is 11.3 Å². The van der Waals surface area contributed by atoms with E-state index >= 15 is 0 Å². The van der Waals surface area contributed by atoms with Gasteiger partial charge in [0.1, 0.15) is 0 Å². The maximum atomic E-state index is 8.54. The Morgan fingerprint density at radius 3 is 3.00 bits per heavy atom. The van der Waals surface area contributed by atoms with Crippen LogP contribution in [0.1, 0.15) is 32.6 Å². The lowest BCUT2D eigenvalue weighted by molar-refractivity contribution is 0.158. The van der Waals surface area contributed by atoms with Crippen LogP contribution in [0.2, 0.25) is 0 Å². The fourth-order valence-corrected chi connectivity index (χ4v) is 1.86. The molecule has 3 nitrogen and oxygen atoms in total. The van der Waals surface area contributed by atoms with E-state index in [1.54, 1.807) is 0 Å². The molecule has 0 aromatic rings. The highest BCUT2D eigenvalue weighted by atomic mass is 15.2. The van der Waals surface area contributed by atoms with Gasteiger partial charge in [0.25, 0.3) is 0 Å². The lowest BCUT2D eigenvalue weighted by Gasteiger charge is -2.33. The number of piperidine rings is 1. The highest BCUT2D eigenvalue weighted by molar-refractivity contribution is 4.87. The third-order valence-corrected chi connectivity index (χ3v) is 2.83. The maximum absolute atomic E-state index is 8.54. The number of nitriles is 1. The van der Waals surface area contributed by atoms with Gasteiger partial charge in [-0.25, -0.2) is 0 Å². The summed E-state index contributed by atoms with van der Waals surface area (Å²) in [5.41, 5.74) is 5.55. The molecule has 1 aliphatic heterocycles. The molecule has 13 heavy (non-hydrogen) atoms. The van der Waals surface area contributed by atoms with Crippen LogP contribution in [0.4, 0.5) is 0 Å². The van der Waals surface area contributed by atoms with E-state index in [0.717, 1.165) is 13.0 Å². The van der Waals surface area contributed by atoms with Gasteiger partial charge in [0.2, 0.25) is 0 Å². The van der Waals surface area contributed by atoms with Crippen molar-refractivity contribution in [2.45, 2.75) is 44.7 Å². The van der Waals surface area contributed by atoms with E-state index in [1.807, 2.05) is 0 Å². The van der Waals surface area contributed by atoms with Crippen molar-refractivity contribution in [1.82, 2.24) is 4.90 Å². The quantitative estimate of drug-likeness (QED) is 0.709. The Hall–Kier alpha value is -0.590. The molecule has 74 valence electrons. The molecule has 0 radical (unpaired) electrons. The van der Waals surface area contributed by atoms with Crippen LogP contribution >= 0.6 is 0 Å². The summed E-state index contributed by atoms with van der Waals surface area (Å²) in [5, 5.41) is 8.54. The van der Waals surface area contributed by atoms with Crippen molar-refractivity contribution in [3.05, 3.63) is 0 Å². The topological polar surface area (TPSA) is 53.0 Å². The van der Waals surface area contributed by atoms with Gasteiger partial charge in [-0.2, -0.15) is 5.26 Å². The van der Waals surface area contributed by atoms with Gasteiger partial charge < -0.3 is 10.6 Å². The molecule has 1 fully saturated rings. The monoisotopic (exact) mass is 181 g/mol. The first kappa shape index (κ1) is 10.5. The summed E-state index contributed by atoms with van der Waals surface area (Å²) in [6, 6.07) is 2.47. The molecule has 3 heteroatoms. The molecule has 0 bridgehead atoms. The molecule has 0 spiro atoms. The number of likely N-dealkylation sites (tertiary alicyclic amines) is 1. The average Bonchev–Trinajstić information content (AvgIpc) is 2.16. The molecule has 0 aromatic heterocycles. The zero-order chi connectivity index (χ0) is 9.68. The summed E-state index contributed by atoms with van der Waals surface area (Å²) in [5.74, 6) is 0. The van der Waals surface area contributed by atoms with E-state index in [2.05, 4.69) is 17.9 Å². The van der Waals surface area contributed by atoms with Gasteiger partial charge in [0, 0.05) is 12.6 Å². The Balaban J connectivity index is 2.23. The highest BCUT2D eigenvalue weighted by Crippen LogP contribution is 2.16. The van der Waals surface area contributed by atoms with E-state index in [9.17, 15) is 0 Å². The van der Waals surface area contributed by atoms with Gasteiger partial charge in [-0.05, 0) is 32.7 Å². The first-order valence-corrected chi connectivity index (χ1v) is 5.13. The van der Waals surface area contributed by atoms with Gasteiger partial charge in [-0.1, -0.05) is 6.42 Å². The van der Waals surface area contributed by atoms with E-state index in [4.69, 9.17) is 11.0 Å². The highest BCUT2D eigenvalue weighted by Gasteiger charge is 2.18. The molecule has 2 atom stereocenters. The third kappa shape index (κ3) is 3.33. The first-order chi connectivity index (χ1) is 6.24. The predicted octanol–water partition coefficient (Wildman–Crippen LogP) is 1.10. The third-order valence-electron chi connectivity index (χ3n) is 2.83. The fourth-order valence-electron chi connectivity index (χ4n) is 1.86. The lowest BCUT2D eigenvalue weighted by atomic mass is 10.0. The maximum Gasteiger partial charge on any atom is 0.0940 e. The van der Waals surface area contributed by atoms with Crippen LogP contribution in [0.3, 0.4) is 0 Å². The Morgan fingerprint density at radius 2 is 2.38 bits per heavy atom. The van der Waals surface area contributed by atoms with E-state index in [1.165, 1.54) is 25.8 Å². The van der Waals surface area contributed by atoms with Crippen molar-refractivity contribution in [3.8, 4) is 6.07 Å². The second-order valence-electron chi connectivity index (χ2n) is 3.91. The van der Waals surface area contributed by atoms with Crippen molar-refractivity contribution in [2.24, 2.45) is 5.73 Å². The van der Waals surface area contributed by atoms with Crippen molar-refractivity contribution >= 4 is 0 Å². The molecular weight excluding hydrogens is 162 g/mol. The summed E-state index contributed by atoms with van der Waals surface area (Å²) in [7, 11) is 0. The number of nitrogens with two attached hydrogens (primary N) is 1. The number of hydrogen-bond acceptors (Lipinski definition) is 3. The summed E-state index contributed by atoms with van der Waals surface area (Å²) < 4.78 is 0. The fraction of sp³-hybridized carbons (Fsp3) is 0.900. The molecule has 1 rings (SSSR count). The minimum absolute atomic E-state index is 0.283. The Morgan fingerprint density at radius 1 is 1.62 bits per heavy atom. The van der Waals surface area contributed by atoms with Gasteiger partial charge in [0.15, 0.2) is 0 Å². The smallest absolute Gasteiger partial charge is 0.0940 e. The Kier molecular flexibility index (Phi) is 4.20. The second-order valence-corrected chi connectivity index (χ2v) is 3.91. The average molecular weight is 181 g/mol. The van der Waals surface area contributed by atoms with Crippen LogP contribution in [-0.4, -0.2) is 30.1 Å². The van der Waals surface area contributed by atoms with E-state index in [0.29, 0.717) is 6.04 Å². The molecule has 0 aliphatic carbocycles. The van der Waals surface area contributed by atoms with Crippen molar-refractivity contribution in [3.63, 3.8) is 0 Å². The molecule has 2 N–H and O–H groups in total. The molecule has 0 amide bonds. The summed E-state index contributed by atoms with van der Waals surface area (Å²) >= 11 is 0. The van der Waals surface area contributed by atoms with Crippen LogP contribution in [0.5, 0.6) is 0 Å². The van der Waals surface area contributed by atoms with Crippen molar-refractivity contribution in [2.75, 3.05) is 13.1 Å². The summed E-state index contributed by atoms with van der Waals surface area (Å²) in [4.78, 5) is 2.45. The lowest BCUT2D eigenvalue weighted by Crippen LogP contribution is -2.39. The zero-order valence-corrected chi connectivity index (χ0v) is 8.37. The summed E-state index contributed by atoms with van der Waals surface area (Å²) in [6.45, 7) is 4.42. The van der Waals surface area contributed by atoms with Crippen LogP contribution in [0.15, 0.2) is 0 Å². The molecule has 1 heterocycles. The second kappa shape index (κ2) is 5.21. The largest absolute Gasteiger partial charge is 0.316 e.